The maximum absolute atomic E-state index is 13.0. The Balaban J connectivity index is 1.55. The third-order valence-electron chi connectivity index (χ3n) is 5.52. The molecule has 34 heavy (non-hydrogen) atoms. The first-order valence-electron chi connectivity index (χ1n) is 10.5. The number of amides is 3. The van der Waals surface area contributed by atoms with Crippen LogP contribution in [0.4, 0.5) is 11.4 Å². The SMILES string of the molecule is Cc1ccc(C(=O)NC(C)c2ccccc2)cc1NC1=C(Cl)C(=O)N(c2ccc(Cl)cc2)C1=O. The van der Waals surface area contributed by atoms with Crippen LogP contribution in [-0.2, 0) is 9.59 Å². The van der Waals surface area contributed by atoms with E-state index in [4.69, 9.17) is 23.2 Å². The van der Waals surface area contributed by atoms with Gasteiger partial charge in [-0.1, -0.05) is 59.6 Å². The van der Waals surface area contributed by atoms with Crippen LogP contribution in [0.1, 0.15) is 34.5 Å². The van der Waals surface area contributed by atoms with E-state index in [9.17, 15) is 14.4 Å². The third kappa shape index (κ3) is 4.69. The number of carbonyl (C=O) groups excluding carboxylic acids is 3. The number of rotatable bonds is 6. The molecule has 3 aromatic rings. The summed E-state index contributed by atoms with van der Waals surface area (Å²) in [6.45, 7) is 3.72. The van der Waals surface area contributed by atoms with Crippen LogP contribution in [0.15, 0.2) is 83.5 Å². The number of carbonyl (C=O) groups is 3. The van der Waals surface area contributed by atoms with Gasteiger partial charge in [-0.3, -0.25) is 14.4 Å². The summed E-state index contributed by atoms with van der Waals surface area (Å²) in [5, 5.41) is 6.18. The monoisotopic (exact) mass is 493 g/mol. The van der Waals surface area contributed by atoms with Gasteiger partial charge in [0.1, 0.15) is 10.7 Å². The molecule has 1 aliphatic rings. The predicted molar refractivity (Wildman–Crippen MR) is 134 cm³/mol. The van der Waals surface area contributed by atoms with Crippen molar-refractivity contribution >= 4 is 52.3 Å². The average Bonchev–Trinajstić information content (AvgIpc) is 3.04. The van der Waals surface area contributed by atoms with Crippen molar-refractivity contribution in [2.24, 2.45) is 0 Å². The van der Waals surface area contributed by atoms with Crippen molar-refractivity contribution in [3.63, 3.8) is 0 Å². The zero-order valence-electron chi connectivity index (χ0n) is 18.4. The topological polar surface area (TPSA) is 78.5 Å². The van der Waals surface area contributed by atoms with E-state index in [2.05, 4.69) is 10.6 Å². The third-order valence-corrected chi connectivity index (χ3v) is 6.12. The van der Waals surface area contributed by atoms with Crippen LogP contribution < -0.4 is 15.5 Å². The summed E-state index contributed by atoms with van der Waals surface area (Å²) in [6.07, 6.45) is 0. The van der Waals surface area contributed by atoms with Gasteiger partial charge in [-0.2, -0.15) is 0 Å². The number of anilines is 2. The van der Waals surface area contributed by atoms with Crippen molar-refractivity contribution in [1.29, 1.82) is 0 Å². The van der Waals surface area contributed by atoms with E-state index < -0.39 is 11.8 Å². The number of nitrogens with one attached hydrogen (secondary N) is 2. The van der Waals surface area contributed by atoms with Crippen LogP contribution in [0.3, 0.4) is 0 Å². The van der Waals surface area contributed by atoms with E-state index in [0.717, 1.165) is 16.0 Å². The maximum atomic E-state index is 13.0. The van der Waals surface area contributed by atoms with Crippen LogP contribution in [0.5, 0.6) is 0 Å². The first-order chi connectivity index (χ1) is 16.3. The Morgan fingerprint density at radius 1 is 0.912 bits per heavy atom. The quantitative estimate of drug-likeness (QED) is 0.439. The minimum absolute atomic E-state index is 0.0556. The predicted octanol–water partition coefficient (Wildman–Crippen LogP) is 5.58. The Hall–Kier alpha value is -3.61. The molecule has 3 aromatic carbocycles. The lowest BCUT2D eigenvalue weighted by Gasteiger charge is -2.17. The Kier molecular flexibility index (Phi) is 6.72. The number of imide groups is 1. The molecule has 172 valence electrons. The van der Waals surface area contributed by atoms with Crippen molar-refractivity contribution < 1.29 is 14.4 Å². The number of hydrogen-bond donors (Lipinski definition) is 2. The molecule has 0 saturated heterocycles. The van der Waals surface area contributed by atoms with E-state index in [1.54, 1.807) is 42.5 Å². The summed E-state index contributed by atoms with van der Waals surface area (Å²) in [6, 6.07) is 20.8. The van der Waals surface area contributed by atoms with E-state index in [1.807, 2.05) is 44.2 Å². The van der Waals surface area contributed by atoms with E-state index in [-0.39, 0.29) is 22.7 Å². The molecule has 2 N–H and O–H groups in total. The minimum Gasteiger partial charge on any atom is -0.349 e. The van der Waals surface area contributed by atoms with Gasteiger partial charge >= 0.3 is 0 Å². The second-order valence-corrected chi connectivity index (χ2v) is 8.69. The van der Waals surface area contributed by atoms with Gasteiger partial charge in [0.05, 0.1) is 11.7 Å². The second-order valence-electron chi connectivity index (χ2n) is 7.87. The van der Waals surface area contributed by atoms with Gasteiger partial charge in [0.2, 0.25) is 0 Å². The summed E-state index contributed by atoms with van der Waals surface area (Å²) >= 11 is 12.2. The fourth-order valence-corrected chi connectivity index (χ4v) is 3.91. The standard InChI is InChI=1S/C26H21Cl2N3O3/c1-15-8-9-18(24(32)29-16(2)17-6-4-3-5-7-17)14-21(15)30-23-22(28)25(33)31(26(23)34)20-12-10-19(27)11-13-20/h3-14,16,30H,1-2H3,(H,29,32). The highest BCUT2D eigenvalue weighted by molar-refractivity contribution is 6.53. The number of benzene rings is 3. The number of halogens is 2. The van der Waals surface area contributed by atoms with Gasteiger partial charge in [-0.15, -0.1) is 0 Å². The van der Waals surface area contributed by atoms with Gasteiger partial charge in [-0.05, 0) is 61.4 Å². The molecular weight excluding hydrogens is 473 g/mol. The smallest absolute Gasteiger partial charge is 0.283 e. The molecule has 0 saturated carbocycles. The lowest BCUT2D eigenvalue weighted by Crippen LogP contribution is -2.32. The van der Waals surface area contributed by atoms with Crippen molar-refractivity contribution in [1.82, 2.24) is 5.32 Å². The molecule has 1 heterocycles. The highest BCUT2D eigenvalue weighted by Crippen LogP contribution is 2.31. The minimum atomic E-state index is -0.639. The van der Waals surface area contributed by atoms with Gasteiger partial charge in [-0.25, -0.2) is 4.90 Å². The molecule has 8 heteroatoms. The molecule has 0 aliphatic carbocycles. The fraction of sp³-hybridized carbons (Fsp3) is 0.115. The molecule has 0 radical (unpaired) electrons. The van der Waals surface area contributed by atoms with Crippen LogP contribution in [0.25, 0.3) is 0 Å². The molecule has 0 bridgehead atoms. The number of hydrogen-bond acceptors (Lipinski definition) is 4. The summed E-state index contributed by atoms with van der Waals surface area (Å²) in [7, 11) is 0. The molecule has 6 nitrogen and oxygen atoms in total. The van der Waals surface area contributed by atoms with Crippen LogP contribution in [0.2, 0.25) is 5.02 Å². The Labute approximate surface area is 207 Å². The van der Waals surface area contributed by atoms with Gasteiger partial charge in [0.15, 0.2) is 0 Å². The summed E-state index contributed by atoms with van der Waals surface area (Å²) in [4.78, 5) is 39.6. The molecule has 0 spiro atoms. The average molecular weight is 494 g/mol. The normalized spacial score (nSPS) is 14.4. The van der Waals surface area contributed by atoms with Crippen molar-refractivity contribution in [2.45, 2.75) is 19.9 Å². The van der Waals surface area contributed by atoms with E-state index in [1.165, 1.54) is 0 Å². The summed E-state index contributed by atoms with van der Waals surface area (Å²) < 4.78 is 0. The largest absolute Gasteiger partial charge is 0.349 e. The van der Waals surface area contributed by atoms with Gasteiger partial charge in [0.25, 0.3) is 17.7 Å². The van der Waals surface area contributed by atoms with Crippen molar-refractivity contribution in [3.8, 4) is 0 Å². The Bertz CT molecular complexity index is 1300. The lowest BCUT2D eigenvalue weighted by atomic mass is 10.1. The summed E-state index contributed by atoms with van der Waals surface area (Å²) in [5.74, 6) is -1.50. The molecule has 0 aromatic heterocycles. The summed E-state index contributed by atoms with van der Waals surface area (Å²) in [5.41, 5.74) is 2.95. The number of nitrogens with zero attached hydrogens (tertiary/aromatic N) is 1. The zero-order chi connectivity index (χ0) is 24.4. The van der Waals surface area contributed by atoms with Gasteiger partial charge in [0, 0.05) is 16.3 Å². The van der Waals surface area contributed by atoms with E-state index in [0.29, 0.717) is 22.0 Å². The molecule has 0 fully saturated rings. The lowest BCUT2D eigenvalue weighted by molar-refractivity contribution is -0.120. The van der Waals surface area contributed by atoms with Crippen molar-refractivity contribution in [2.75, 3.05) is 10.2 Å². The first-order valence-corrected chi connectivity index (χ1v) is 11.3. The molecule has 1 atom stereocenters. The highest BCUT2D eigenvalue weighted by Gasteiger charge is 2.39. The molecular formula is C26H21Cl2N3O3. The fourth-order valence-electron chi connectivity index (χ4n) is 3.57. The highest BCUT2D eigenvalue weighted by atomic mass is 35.5. The van der Waals surface area contributed by atoms with Gasteiger partial charge < -0.3 is 10.6 Å². The molecule has 1 aliphatic heterocycles. The van der Waals surface area contributed by atoms with Crippen molar-refractivity contribution in [3.05, 3.63) is 105 Å². The van der Waals surface area contributed by atoms with Crippen LogP contribution in [-0.4, -0.2) is 17.7 Å². The first kappa shape index (κ1) is 23.5. The Morgan fingerprint density at radius 3 is 2.26 bits per heavy atom. The molecule has 4 rings (SSSR count). The second kappa shape index (κ2) is 9.71. The molecule has 1 unspecified atom stereocenters. The maximum Gasteiger partial charge on any atom is 0.283 e. The zero-order valence-corrected chi connectivity index (χ0v) is 19.9. The van der Waals surface area contributed by atoms with E-state index >= 15 is 0 Å². The Morgan fingerprint density at radius 2 is 1.59 bits per heavy atom. The molecule has 3 amide bonds. The van der Waals surface area contributed by atoms with Crippen LogP contribution in [0, 0.1) is 6.92 Å². The number of aryl methyl sites for hydroxylation is 1. The van der Waals surface area contributed by atoms with Crippen LogP contribution >= 0.6 is 23.2 Å².